The average molecular weight is 245 g/mol. The Kier molecular flexibility index (Phi) is 9.43. The van der Waals surface area contributed by atoms with Crippen LogP contribution in [0.4, 0.5) is 0 Å². The number of rotatable bonds is 10. The van der Waals surface area contributed by atoms with Gasteiger partial charge < -0.3 is 15.6 Å². The second-order valence-electron chi connectivity index (χ2n) is 4.32. The van der Waals surface area contributed by atoms with Crippen LogP contribution in [-0.4, -0.2) is 29.7 Å². The monoisotopic (exact) mass is 245 g/mol. The molecular formula is C12H23NO4. The molecule has 0 aliphatic rings. The van der Waals surface area contributed by atoms with Crippen molar-refractivity contribution >= 4 is 11.9 Å². The van der Waals surface area contributed by atoms with Gasteiger partial charge >= 0.3 is 11.9 Å². The molecule has 0 heterocycles. The summed E-state index contributed by atoms with van der Waals surface area (Å²) in [6.45, 7) is 2.32. The van der Waals surface area contributed by atoms with E-state index in [1.54, 1.807) is 0 Å². The van der Waals surface area contributed by atoms with Crippen molar-refractivity contribution in [1.82, 2.24) is 0 Å². The quantitative estimate of drug-likeness (QED) is 0.347. The zero-order chi connectivity index (χ0) is 13.1. The van der Waals surface area contributed by atoms with Crippen LogP contribution in [-0.2, 0) is 14.3 Å². The molecule has 5 heteroatoms. The Balaban J connectivity index is 3.18. The van der Waals surface area contributed by atoms with Crippen molar-refractivity contribution in [2.24, 2.45) is 5.73 Å². The molecule has 0 fully saturated rings. The molecule has 5 nitrogen and oxygen atoms in total. The first-order chi connectivity index (χ1) is 8.02. The van der Waals surface area contributed by atoms with Crippen molar-refractivity contribution < 1.29 is 19.4 Å². The molecule has 0 aromatic heterocycles. The Bertz CT molecular complexity index is 229. The Labute approximate surface area is 102 Å². The van der Waals surface area contributed by atoms with E-state index in [-0.39, 0.29) is 6.04 Å². The molecular weight excluding hydrogens is 222 g/mol. The first-order valence-electron chi connectivity index (χ1n) is 6.15. The highest BCUT2D eigenvalue weighted by molar-refractivity contribution is 5.90. The van der Waals surface area contributed by atoms with E-state index in [4.69, 9.17) is 15.6 Å². The van der Waals surface area contributed by atoms with Crippen molar-refractivity contribution in [1.29, 1.82) is 0 Å². The number of carboxylic acid groups (broad SMARTS) is 1. The lowest BCUT2D eigenvalue weighted by atomic mass is 10.1. The zero-order valence-corrected chi connectivity index (χ0v) is 10.5. The average Bonchev–Trinajstić information content (AvgIpc) is 2.20. The smallest absolute Gasteiger partial charge is 0.317 e. The summed E-state index contributed by atoms with van der Waals surface area (Å²) in [5, 5.41) is 8.32. The number of nitrogens with two attached hydrogens (primary N) is 1. The highest BCUT2D eigenvalue weighted by Crippen LogP contribution is 2.06. The first-order valence-corrected chi connectivity index (χ1v) is 6.15. The van der Waals surface area contributed by atoms with Crippen molar-refractivity contribution in [2.45, 2.75) is 57.9 Å². The predicted molar refractivity (Wildman–Crippen MR) is 64.6 cm³/mol. The number of unbranched alkanes of at least 4 members (excludes halogenated alkanes) is 4. The molecule has 17 heavy (non-hydrogen) atoms. The number of hydrogen-bond acceptors (Lipinski definition) is 4. The normalized spacial score (nSPS) is 12.1. The fourth-order valence-corrected chi connectivity index (χ4v) is 1.46. The SMILES string of the molecule is CC(N)CCCCCCCOC(=O)CC(=O)O. The number of esters is 1. The largest absolute Gasteiger partial charge is 0.481 e. The molecule has 1 atom stereocenters. The minimum atomic E-state index is -1.15. The van der Waals surface area contributed by atoms with E-state index in [0.29, 0.717) is 6.61 Å². The van der Waals surface area contributed by atoms with Crippen molar-refractivity contribution in [3.8, 4) is 0 Å². The molecule has 0 aliphatic heterocycles. The number of aliphatic carboxylic acids is 1. The molecule has 0 aromatic rings. The molecule has 1 unspecified atom stereocenters. The van der Waals surface area contributed by atoms with Gasteiger partial charge in [-0.05, 0) is 19.8 Å². The molecule has 0 amide bonds. The molecule has 0 radical (unpaired) electrons. The van der Waals surface area contributed by atoms with Crippen LogP contribution in [0.3, 0.4) is 0 Å². The van der Waals surface area contributed by atoms with Crippen LogP contribution in [0.25, 0.3) is 0 Å². The summed E-state index contributed by atoms with van der Waals surface area (Å²) in [5.41, 5.74) is 5.62. The predicted octanol–water partition coefficient (Wildman–Crippen LogP) is 1.69. The van der Waals surface area contributed by atoms with Gasteiger partial charge in [-0.25, -0.2) is 0 Å². The van der Waals surface area contributed by atoms with Gasteiger partial charge in [0.1, 0.15) is 6.42 Å². The third-order valence-corrected chi connectivity index (χ3v) is 2.36. The third kappa shape index (κ3) is 12.8. The van der Waals surface area contributed by atoms with Gasteiger partial charge in [-0.15, -0.1) is 0 Å². The van der Waals surface area contributed by atoms with Crippen LogP contribution in [0.2, 0.25) is 0 Å². The van der Waals surface area contributed by atoms with E-state index in [2.05, 4.69) is 0 Å². The minimum absolute atomic E-state index is 0.270. The second-order valence-corrected chi connectivity index (χ2v) is 4.32. The van der Waals surface area contributed by atoms with E-state index in [1.165, 1.54) is 0 Å². The maximum Gasteiger partial charge on any atom is 0.317 e. The lowest BCUT2D eigenvalue weighted by Gasteiger charge is -2.05. The van der Waals surface area contributed by atoms with E-state index >= 15 is 0 Å². The molecule has 0 saturated carbocycles. The van der Waals surface area contributed by atoms with Crippen LogP contribution in [0.15, 0.2) is 0 Å². The Morgan fingerprint density at radius 2 is 1.76 bits per heavy atom. The third-order valence-electron chi connectivity index (χ3n) is 2.36. The van der Waals surface area contributed by atoms with Crippen LogP contribution < -0.4 is 5.73 Å². The lowest BCUT2D eigenvalue weighted by Crippen LogP contribution is -2.13. The van der Waals surface area contributed by atoms with Gasteiger partial charge in [0.15, 0.2) is 0 Å². The fraction of sp³-hybridized carbons (Fsp3) is 0.833. The molecule has 0 rings (SSSR count). The summed E-state index contributed by atoms with van der Waals surface area (Å²) in [6, 6.07) is 0.270. The van der Waals surface area contributed by atoms with E-state index in [9.17, 15) is 9.59 Å². The summed E-state index contributed by atoms with van der Waals surface area (Å²) in [6.07, 6.45) is 5.68. The molecule has 0 bridgehead atoms. The highest BCUT2D eigenvalue weighted by atomic mass is 16.5. The van der Waals surface area contributed by atoms with Crippen molar-refractivity contribution in [3.63, 3.8) is 0 Å². The Morgan fingerprint density at radius 3 is 2.35 bits per heavy atom. The number of ether oxygens (including phenoxy) is 1. The van der Waals surface area contributed by atoms with E-state index in [0.717, 1.165) is 38.5 Å². The molecule has 3 N–H and O–H groups in total. The number of hydrogen-bond donors (Lipinski definition) is 2. The molecule has 0 saturated heterocycles. The van der Waals surface area contributed by atoms with Gasteiger partial charge in [-0.2, -0.15) is 0 Å². The van der Waals surface area contributed by atoms with Gasteiger partial charge in [0.25, 0.3) is 0 Å². The fourth-order valence-electron chi connectivity index (χ4n) is 1.46. The maximum absolute atomic E-state index is 10.8. The number of carboxylic acids is 1. The van der Waals surface area contributed by atoms with Crippen LogP contribution in [0.5, 0.6) is 0 Å². The maximum atomic E-state index is 10.8. The standard InChI is InChI=1S/C12H23NO4/c1-10(13)7-5-3-2-4-6-8-17-12(16)9-11(14)15/h10H,2-9,13H2,1H3,(H,14,15). The number of carbonyl (C=O) groups excluding carboxylic acids is 1. The van der Waals surface area contributed by atoms with Gasteiger partial charge in [0.2, 0.25) is 0 Å². The first kappa shape index (κ1) is 15.9. The summed E-state index contributed by atoms with van der Waals surface area (Å²) in [5.74, 6) is -1.81. The highest BCUT2D eigenvalue weighted by Gasteiger charge is 2.07. The van der Waals surface area contributed by atoms with Crippen molar-refractivity contribution in [3.05, 3.63) is 0 Å². The zero-order valence-electron chi connectivity index (χ0n) is 10.5. The Morgan fingerprint density at radius 1 is 1.18 bits per heavy atom. The summed E-state index contributed by atoms with van der Waals surface area (Å²) in [7, 11) is 0. The van der Waals surface area contributed by atoms with Gasteiger partial charge in [-0.3, -0.25) is 9.59 Å². The Hall–Kier alpha value is -1.10. The van der Waals surface area contributed by atoms with Crippen LogP contribution in [0, 0.1) is 0 Å². The summed E-state index contributed by atoms with van der Waals surface area (Å²) >= 11 is 0. The molecule has 0 spiro atoms. The molecule has 100 valence electrons. The topological polar surface area (TPSA) is 89.6 Å². The van der Waals surface area contributed by atoms with Crippen LogP contribution >= 0.6 is 0 Å². The molecule has 0 aromatic carbocycles. The van der Waals surface area contributed by atoms with Crippen LogP contribution in [0.1, 0.15) is 51.9 Å². The van der Waals surface area contributed by atoms with Crippen molar-refractivity contribution in [2.75, 3.05) is 6.61 Å². The van der Waals surface area contributed by atoms with E-state index in [1.807, 2.05) is 6.92 Å². The second kappa shape index (κ2) is 10.1. The number of carbonyl (C=O) groups is 2. The van der Waals surface area contributed by atoms with Gasteiger partial charge in [0.05, 0.1) is 6.61 Å². The lowest BCUT2D eigenvalue weighted by molar-refractivity contribution is -0.151. The van der Waals surface area contributed by atoms with E-state index < -0.39 is 18.4 Å². The minimum Gasteiger partial charge on any atom is -0.481 e. The van der Waals surface area contributed by atoms with Gasteiger partial charge in [-0.1, -0.05) is 25.7 Å². The molecule has 0 aliphatic carbocycles. The summed E-state index contributed by atoms with van der Waals surface area (Å²) < 4.78 is 4.76. The summed E-state index contributed by atoms with van der Waals surface area (Å²) in [4.78, 5) is 21.0. The van der Waals surface area contributed by atoms with Gasteiger partial charge in [0, 0.05) is 6.04 Å².